The van der Waals surface area contributed by atoms with Gasteiger partial charge in [-0.05, 0) is 24.7 Å². The molecule has 2 fully saturated rings. The van der Waals surface area contributed by atoms with Gasteiger partial charge in [0.1, 0.15) is 13.2 Å². The van der Waals surface area contributed by atoms with Crippen molar-refractivity contribution in [3.05, 3.63) is 23.8 Å². The summed E-state index contributed by atoms with van der Waals surface area (Å²) in [5.41, 5.74) is 7.93. The van der Waals surface area contributed by atoms with Crippen molar-refractivity contribution in [2.75, 3.05) is 59.6 Å². The van der Waals surface area contributed by atoms with Gasteiger partial charge in [0, 0.05) is 38.6 Å². The lowest BCUT2D eigenvalue weighted by Crippen LogP contribution is -2.45. The number of hydrogen-bond acceptors (Lipinski definition) is 7. The van der Waals surface area contributed by atoms with Gasteiger partial charge in [0.05, 0.1) is 18.8 Å². The van der Waals surface area contributed by atoms with Gasteiger partial charge in [0.15, 0.2) is 11.5 Å². The van der Waals surface area contributed by atoms with Crippen molar-refractivity contribution >= 4 is 0 Å². The topological polar surface area (TPSA) is 67.0 Å². The van der Waals surface area contributed by atoms with E-state index in [0.717, 1.165) is 50.8 Å². The van der Waals surface area contributed by atoms with Gasteiger partial charge < -0.3 is 24.4 Å². The second kappa shape index (κ2) is 7.88. The van der Waals surface area contributed by atoms with Gasteiger partial charge in [-0.25, -0.2) is 5.43 Å². The molecule has 2 saturated heterocycles. The summed E-state index contributed by atoms with van der Waals surface area (Å²) in [6.07, 6.45) is 0.286. The summed E-state index contributed by atoms with van der Waals surface area (Å²) in [6.45, 7) is 6.89. The first-order chi connectivity index (χ1) is 12.3. The zero-order valence-electron chi connectivity index (χ0n) is 14.8. The Bertz CT molecular complexity index is 585. The molecule has 3 N–H and O–H groups in total. The highest BCUT2D eigenvalue weighted by Gasteiger charge is 2.29. The summed E-state index contributed by atoms with van der Waals surface area (Å²) < 4.78 is 17.2. The van der Waals surface area contributed by atoms with Crippen LogP contribution in [0.4, 0.5) is 0 Å². The molecular weight excluding hydrogens is 320 g/mol. The maximum absolute atomic E-state index is 5.82. The standard InChI is InChI=1S/C18H28N4O3/c1-22-4-5-23-15(12-22)11-19-9-14-10-20-21-18(14)13-2-3-16-17(8-13)25-7-6-24-16/h2-3,8,14-15,18-21H,4-7,9-12H2,1H3. The van der Waals surface area contributed by atoms with E-state index in [-0.39, 0.29) is 12.1 Å². The van der Waals surface area contributed by atoms with Crippen LogP contribution in [0.1, 0.15) is 11.6 Å². The van der Waals surface area contributed by atoms with E-state index in [4.69, 9.17) is 14.2 Å². The Kier molecular flexibility index (Phi) is 5.38. The lowest BCUT2D eigenvalue weighted by molar-refractivity contribution is -0.0183. The smallest absolute Gasteiger partial charge is 0.161 e. The van der Waals surface area contributed by atoms with E-state index in [9.17, 15) is 0 Å². The van der Waals surface area contributed by atoms with Crippen molar-refractivity contribution in [2.24, 2.45) is 5.92 Å². The van der Waals surface area contributed by atoms with E-state index in [0.29, 0.717) is 19.1 Å². The van der Waals surface area contributed by atoms with Crippen LogP contribution in [0.2, 0.25) is 0 Å². The van der Waals surface area contributed by atoms with E-state index in [1.54, 1.807) is 0 Å². The van der Waals surface area contributed by atoms with Crippen LogP contribution >= 0.6 is 0 Å². The van der Waals surface area contributed by atoms with E-state index in [1.807, 2.05) is 6.07 Å². The Balaban J connectivity index is 1.33. The van der Waals surface area contributed by atoms with Crippen LogP contribution in [0, 0.1) is 5.92 Å². The van der Waals surface area contributed by atoms with E-state index in [1.165, 1.54) is 5.56 Å². The number of nitrogens with zero attached hydrogens (tertiary/aromatic N) is 1. The number of nitrogens with one attached hydrogen (secondary N) is 3. The molecule has 0 radical (unpaired) electrons. The Morgan fingerprint density at radius 1 is 1.16 bits per heavy atom. The fourth-order valence-corrected chi connectivity index (χ4v) is 3.75. The molecule has 3 unspecified atom stereocenters. The largest absolute Gasteiger partial charge is 0.486 e. The highest BCUT2D eigenvalue weighted by atomic mass is 16.6. The van der Waals surface area contributed by atoms with Crippen molar-refractivity contribution in [3.8, 4) is 11.5 Å². The van der Waals surface area contributed by atoms with Crippen LogP contribution in [0.25, 0.3) is 0 Å². The number of morpholine rings is 1. The third-order valence-corrected chi connectivity index (χ3v) is 5.14. The van der Waals surface area contributed by atoms with Crippen LogP contribution in [0.3, 0.4) is 0 Å². The van der Waals surface area contributed by atoms with Crippen molar-refractivity contribution in [1.82, 2.24) is 21.1 Å². The number of hydrogen-bond donors (Lipinski definition) is 3. The zero-order valence-corrected chi connectivity index (χ0v) is 14.8. The average Bonchev–Trinajstić information content (AvgIpc) is 3.10. The fraction of sp³-hybridized carbons (Fsp3) is 0.667. The lowest BCUT2D eigenvalue weighted by atomic mass is 9.94. The third-order valence-electron chi connectivity index (χ3n) is 5.14. The van der Waals surface area contributed by atoms with Crippen LogP contribution in [0.15, 0.2) is 18.2 Å². The van der Waals surface area contributed by atoms with Gasteiger partial charge in [-0.1, -0.05) is 6.07 Å². The van der Waals surface area contributed by atoms with E-state index >= 15 is 0 Å². The number of ether oxygens (including phenoxy) is 3. The molecule has 3 aliphatic heterocycles. The molecule has 0 aromatic heterocycles. The summed E-state index contributed by atoms with van der Waals surface area (Å²) in [7, 11) is 2.15. The van der Waals surface area contributed by atoms with Crippen molar-refractivity contribution in [2.45, 2.75) is 12.1 Å². The van der Waals surface area contributed by atoms with Crippen molar-refractivity contribution < 1.29 is 14.2 Å². The molecule has 0 amide bonds. The molecule has 3 atom stereocenters. The highest BCUT2D eigenvalue weighted by molar-refractivity contribution is 5.45. The summed E-state index contributed by atoms with van der Waals surface area (Å²) in [6, 6.07) is 6.51. The summed E-state index contributed by atoms with van der Waals surface area (Å²) in [5, 5.41) is 3.59. The first-order valence-electron chi connectivity index (χ1n) is 9.18. The highest BCUT2D eigenvalue weighted by Crippen LogP contribution is 2.35. The Hall–Kier alpha value is -1.38. The second-order valence-corrected chi connectivity index (χ2v) is 7.08. The molecular formula is C18H28N4O3. The first kappa shape index (κ1) is 17.1. The maximum atomic E-state index is 5.82. The molecule has 138 valence electrons. The minimum Gasteiger partial charge on any atom is -0.486 e. The predicted octanol–water partition coefficient (Wildman–Crippen LogP) is 0.143. The first-order valence-corrected chi connectivity index (χ1v) is 9.18. The molecule has 7 heteroatoms. The molecule has 0 bridgehead atoms. The maximum Gasteiger partial charge on any atom is 0.161 e. The van der Waals surface area contributed by atoms with Crippen LogP contribution in [-0.4, -0.2) is 70.6 Å². The molecule has 0 aliphatic carbocycles. The SMILES string of the molecule is CN1CCOC(CNCC2CNNC2c2ccc3c(c2)OCCO3)C1. The van der Waals surface area contributed by atoms with Crippen LogP contribution < -0.4 is 25.6 Å². The number of likely N-dealkylation sites (N-methyl/N-ethyl adjacent to an activating group) is 1. The molecule has 3 aliphatic rings. The normalized spacial score (nSPS) is 29.7. The molecule has 25 heavy (non-hydrogen) atoms. The molecule has 0 saturated carbocycles. The summed E-state index contributed by atoms with van der Waals surface area (Å²) in [4.78, 5) is 2.33. The number of hydrazine groups is 1. The van der Waals surface area contributed by atoms with Crippen LogP contribution in [-0.2, 0) is 4.74 Å². The zero-order chi connectivity index (χ0) is 17.1. The molecule has 3 heterocycles. The monoisotopic (exact) mass is 348 g/mol. The van der Waals surface area contributed by atoms with E-state index in [2.05, 4.69) is 40.2 Å². The average molecular weight is 348 g/mol. The van der Waals surface area contributed by atoms with Gasteiger partial charge in [-0.3, -0.25) is 5.43 Å². The van der Waals surface area contributed by atoms with Gasteiger partial charge in [-0.2, -0.15) is 0 Å². The Morgan fingerprint density at radius 2 is 2.04 bits per heavy atom. The molecule has 7 nitrogen and oxygen atoms in total. The summed E-state index contributed by atoms with van der Waals surface area (Å²) in [5.74, 6) is 2.17. The molecule has 1 aromatic rings. The van der Waals surface area contributed by atoms with Gasteiger partial charge in [0.25, 0.3) is 0 Å². The van der Waals surface area contributed by atoms with Crippen molar-refractivity contribution in [1.29, 1.82) is 0 Å². The number of fused-ring (bicyclic) bond motifs is 1. The molecule has 1 aromatic carbocycles. The predicted molar refractivity (Wildman–Crippen MR) is 94.9 cm³/mol. The minimum atomic E-state index is 0.262. The third kappa shape index (κ3) is 4.07. The Morgan fingerprint density at radius 3 is 2.92 bits per heavy atom. The Labute approximate surface area is 149 Å². The van der Waals surface area contributed by atoms with Gasteiger partial charge in [-0.15, -0.1) is 0 Å². The van der Waals surface area contributed by atoms with Gasteiger partial charge in [0.2, 0.25) is 0 Å². The summed E-state index contributed by atoms with van der Waals surface area (Å²) >= 11 is 0. The quantitative estimate of drug-likeness (QED) is 0.700. The number of benzene rings is 1. The number of rotatable bonds is 5. The molecule has 4 rings (SSSR count). The second-order valence-electron chi connectivity index (χ2n) is 7.08. The van der Waals surface area contributed by atoms with E-state index < -0.39 is 0 Å². The van der Waals surface area contributed by atoms with Gasteiger partial charge >= 0.3 is 0 Å². The lowest BCUT2D eigenvalue weighted by Gasteiger charge is -2.30. The molecule has 0 spiro atoms. The fourth-order valence-electron chi connectivity index (χ4n) is 3.75. The minimum absolute atomic E-state index is 0.262. The van der Waals surface area contributed by atoms with Crippen LogP contribution in [0.5, 0.6) is 11.5 Å². The van der Waals surface area contributed by atoms with Crippen molar-refractivity contribution in [3.63, 3.8) is 0 Å².